The van der Waals surface area contributed by atoms with Crippen molar-refractivity contribution in [3.63, 3.8) is 0 Å². The Morgan fingerprint density at radius 1 is 1.00 bits per heavy atom. The third kappa shape index (κ3) is 4.89. The number of unbranched alkanes of at least 4 members (excludes halogenated alkanes) is 3. The van der Waals surface area contributed by atoms with E-state index in [0.717, 1.165) is 43.5 Å². The number of hydrogen-bond donors (Lipinski definition) is 0. The Balaban J connectivity index is 2.48. The van der Waals surface area contributed by atoms with Crippen LogP contribution in [0.25, 0.3) is 0 Å². The third-order valence-corrected chi connectivity index (χ3v) is 2.70. The molecular weight excluding hydrogens is 216 g/mol. The van der Waals surface area contributed by atoms with E-state index < -0.39 is 0 Å². The molecule has 0 fully saturated rings. The molecule has 0 N–H and O–H groups in total. The lowest BCUT2D eigenvalue weighted by atomic mass is 10.1. The highest BCUT2D eigenvalue weighted by Gasteiger charge is 2.01. The van der Waals surface area contributed by atoms with Gasteiger partial charge in [-0.05, 0) is 37.0 Å². The summed E-state index contributed by atoms with van der Waals surface area (Å²) in [5, 5.41) is 0. The van der Waals surface area contributed by atoms with E-state index in [2.05, 4.69) is 0 Å². The number of benzene rings is 1. The Labute approximate surface area is 103 Å². The van der Waals surface area contributed by atoms with Crippen molar-refractivity contribution in [2.24, 2.45) is 0 Å². The Morgan fingerprint density at radius 3 is 2.18 bits per heavy atom. The molecule has 1 aromatic rings. The minimum Gasteiger partial charge on any atom is -0.497 e. The second-order valence-electron chi connectivity index (χ2n) is 3.99. The molecule has 0 saturated heterocycles. The average Bonchev–Trinajstić information content (AvgIpc) is 2.38. The van der Waals surface area contributed by atoms with E-state index in [0.29, 0.717) is 6.42 Å². The number of carbonyl (C=O) groups is 1. The first-order valence-corrected chi connectivity index (χ1v) is 5.95. The topological polar surface area (TPSA) is 35.5 Å². The zero-order valence-corrected chi connectivity index (χ0v) is 10.6. The van der Waals surface area contributed by atoms with Gasteiger partial charge < -0.3 is 14.3 Å². The minimum atomic E-state index is 0.668. The molecule has 0 unspecified atom stereocenters. The van der Waals surface area contributed by atoms with Gasteiger partial charge in [0, 0.05) is 12.5 Å². The molecule has 0 bridgehead atoms. The predicted octanol–water partition coefficient (Wildman–Crippen LogP) is 3.01. The molecule has 3 nitrogen and oxygen atoms in total. The lowest BCUT2D eigenvalue weighted by molar-refractivity contribution is -0.107. The number of carbonyl (C=O) groups excluding carboxylic acids is 1. The molecular formula is C14H20O3. The summed E-state index contributed by atoms with van der Waals surface area (Å²) in [6, 6.07) is 5.93. The van der Waals surface area contributed by atoms with Gasteiger partial charge in [0.05, 0.1) is 14.2 Å². The zero-order chi connectivity index (χ0) is 12.5. The largest absolute Gasteiger partial charge is 0.497 e. The Bertz CT molecular complexity index is 325. The maximum absolute atomic E-state index is 10.2. The maximum atomic E-state index is 10.2. The second kappa shape index (κ2) is 7.71. The highest BCUT2D eigenvalue weighted by atomic mass is 16.5. The molecule has 0 aliphatic carbocycles. The average molecular weight is 236 g/mol. The lowest BCUT2D eigenvalue weighted by Crippen LogP contribution is -1.92. The zero-order valence-electron chi connectivity index (χ0n) is 10.6. The van der Waals surface area contributed by atoms with Crippen molar-refractivity contribution >= 4 is 6.29 Å². The first kappa shape index (κ1) is 13.6. The molecule has 17 heavy (non-hydrogen) atoms. The van der Waals surface area contributed by atoms with Crippen LogP contribution in [0.15, 0.2) is 18.2 Å². The van der Waals surface area contributed by atoms with E-state index in [-0.39, 0.29) is 0 Å². The second-order valence-corrected chi connectivity index (χ2v) is 3.99. The summed E-state index contributed by atoms with van der Waals surface area (Å²) in [5.41, 5.74) is 1.22. The van der Waals surface area contributed by atoms with Crippen LogP contribution in [-0.4, -0.2) is 20.5 Å². The van der Waals surface area contributed by atoms with Crippen LogP contribution in [0.4, 0.5) is 0 Å². The molecule has 0 heterocycles. The van der Waals surface area contributed by atoms with Crippen LogP contribution < -0.4 is 9.47 Å². The first-order chi connectivity index (χ1) is 8.30. The number of methoxy groups -OCH3 is 2. The predicted molar refractivity (Wildman–Crippen MR) is 67.8 cm³/mol. The normalized spacial score (nSPS) is 10.0. The molecule has 3 heteroatoms. The van der Waals surface area contributed by atoms with Crippen LogP contribution in [-0.2, 0) is 11.2 Å². The van der Waals surface area contributed by atoms with Gasteiger partial charge in [0.25, 0.3) is 0 Å². The number of ether oxygens (including phenoxy) is 2. The van der Waals surface area contributed by atoms with Crippen molar-refractivity contribution in [3.05, 3.63) is 23.8 Å². The van der Waals surface area contributed by atoms with Crippen LogP contribution in [0.3, 0.4) is 0 Å². The molecule has 0 amide bonds. The van der Waals surface area contributed by atoms with E-state index in [1.54, 1.807) is 14.2 Å². The van der Waals surface area contributed by atoms with Crippen LogP contribution in [0.5, 0.6) is 11.5 Å². The minimum absolute atomic E-state index is 0.668. The van der Waals surface area contributed by atoms with Gasteiger partial charge >= 0.3 is 0 Å². The van der Waals surface area contributed by atoms with Gasteiger partial charge in [-0.15, -0.1) is 0 Å². The van der Waals surface area contributed by atoms with E-state index in [4.69, 9.17) is 9.47 Å². The number of aryl methyl sites for hydroxylation is 1. The Kier molecular flexibility index (Phi) is 6.15. The third-order valence-electron chi connectivity index (χ3n) is 2.70. The van der Waals surface area contributed by atoms with E-state index >= 15 is 0 Å². The van der Waals surface area contributed by atoms with Crippen molar-refractivity contribution in [1.82, 2.24) is 0 Å². The molecule has 0 saturated carbocycles. The van der Waals surface area contributed by atoms with Gasteiger partial charge in [-0.2, -0.15) is 0 Å². The fourth-order valence-electron chi connectivity index (χ4n) is 1.74. The van der Waals surface area contributed by atoms with Crippen LogP contribution >= 0.6 is 0 Å². The number of rotatable bonds is 8. The SMILES string of the molecule is COc1cc(CCCCCC=O)cc(OC)c1. The lowest BCUT2D eigenvalue weighted by Gasteiger charge is -2.08. The maximum Gasteiger partial charge on any atom is 0.122 e. The standard InChI is InChI=1S/C14H20O3/c1-16-13-9-12(10-14(11-13)17-2)7-5-3-4-6-8-15/h8-11H,3-7H2,1-2H3. The highest BCUT2D eigenvalue weighted by Crippen LogP contribution is 2.23. The van der Waals surface area contributed by atoms with E-state index in [1.807, 2.05) is 18.2 Å². The molecule has 1 rings (SSSR count). The quantitative estimate of drug-likeness (QED) is 0.514. The Hall–Kier alpha value is -1.51. The Morgan fingerprint density at radius 2 is 1.65 bits per heavy atom. The van der Waals surface area contributed by atoms with E-state index in [9.17, 15) is 4.79 Å². The summed E-state index contributed by atoms with van der Waals surface area (Å²) in [6.45, 7) is 0. The van der Waals surface area contributed by atoms with Gasteiger partial charge in [-0.3, -0.25) is 0 Å². The van der Waals surface area contributed by atoms with Gasteiger partial charge in [0.1, 0.15) is 17.8 Å². The number of aldehydes is 1. The van der Waals surface area contributed by atoms with Crippen molar-refractivity contribution in [2.45, 2.75) is 32.1 Å². The van der Waals surface area contributed by atoms with Crippen molar-refractivity contribution in [3.8, 4) is 11.5 Å². The van der Waals surface area contributed by atoms with Gasteiger partial charge in [0.15, 0.2) is 0 Å². The molecule has 0 spiro atoms. The monoisotopic (exact) mass is 236 g/mol. The summed E-state index contributed by atoms with van der Waals surface area (Å²) in [5.74, 6) is 1.65. The van der Waals surface area contributed by atoms with Crippen molar-refractivity contribution in [2.75, 3.05) is 14.2 Å². The molecule has 0 atom stereocenters. The summed E-state index contributed by atoms with van der Waals surface area (Å²) in [6.07, 6.45) is 5.79. The fraction of sp³-hybridized carbons (Fsp3) is 0.500. The van der Waals surface area contributed by atoms with Crippen LogP contribution in [0.1, 0.15) is 31.2 Å². The first-order valence-electron chi connectivity index (χ1n) is 5.95. The van der Waals surface area contributed by atoms with Gasteiger partial charge in [-0.1, -0.05) is 6.42 Å². The van der Waals surface area contributed by atoms with Crippen molar-refractivity contribution in [1.29, 1.82) is 0 Å². The summed E-state index contributed by atoms with van der Waals surface area (Å²) >= 11 is 0. The molecule has 94 valence electrons. The van der Waals surface area contributed by atoms with E-state index in [1.165, 1.54) is 5.56 Å². The van der Waals surface area contributed by atoms with Gasteiger partial charge in [-0.25, -0.2) is 0 Å². The molecule has 0 radical (unpaired) electrons. The molecule has 0 aliphatic rings. The molecule has 0 aromatic heterocycles. The number of hydrogen-bond acceptors (Lipinski definition) is 3. The van der Waals surface area contributed by atoms with Gasteiger partial charge in [0.2, 0.25) is 0 Å². The smallest absolute Gasteiger partial charge is 0.122 e. The van der Waals surface area contributed by atoms with Crippen molar-refractivity contribution < 1.29 is 14.3 Å². The summed E-state index contributed by atoms with van der Waals surface area (Å²) in [4.78, 5) is 10.2. The molecule has 0 aliphatic heterocycles. The highest BCUT2D eigenvalue weighted by molar-refractivity contribution is 5.48. The fourth-order valence-corrected chi connectivity index (χ4v) is 1.74. The van der Waals surface area contributed by atoms with Crippen LogP contribution in [0.2, 0.25) is 0 Å². The summed E-state index contributed by atoms with van der Waals surface area (Å²) in [7, 11) is 3.31. The van der Waals surface area contributed by atoms with Crippen LogP contribution in [0, 0.1) is 0 Å². The summed E-state index contributed by atoms with van der Waals surface area (Å²) < 4.78 is 10.4. The molecule has 1 aromatic carbocycles.